The summed E-state index contributed by atoms with van der Waals surface area (Å²) in [6.45, 7) is 0. The van der Waals surface area contributed by atoms with Crippen molar-refractivity contribution >= 4 is 11.9 Å². The normalized spacial score (nSPS) is 13.4. The maximum Gasteiger partial charge on any atom is 0.573 e. The van der Waals surface area contributed by atoms with Gasteiger partial charge in [-0.25, -0.2) is 0 Å². The molecular formula is C19H18F3NO5. The fourth-order valence-corrected chi connectivity index (χ4v) is 2.60. The second-order valence-electron chi connectivity index (χ2n) is 5.80. The molecule has 0 bridgehead atoms. The van der Waals surface area contributed by atoms with Gasteiger partial charge in [0, 0.05) is 7.11 Å². The third kappa shape index (κ3) is 6.27. The van der Waals surface area contributed by atoms with Crippen LogP contribution in [0, 0.1) is 0 Å². The maximum absolute atomic E-state index is 12.6. The molecule has 2 rings (SSSR count). The molecule has 28 heavy (non-hydrogen) atoms. The Kier molecular flexibility index (Phi) is 7.00. The molecule has 0 aromatic heterocycles. The topological polar surface area (TPSA) is 84.9 Å². The molecule has 0 aliphatic rings. The highest BCUT2D eigenvalue weighted by molar-refractivity contribution is 5.83. The van der Waals surface area contributed by atoms with E-state index in [1.165, 1.54) is 19.2 Å². The number of halogens is 3. The molecule has 0 aliphatic heterocycles. The minimum absolute atomic E-state index is 0.313. The zero-order chi connectivity index (χ0) is 20.7. The van der Waals surface area contributed by atoms with Crippen LogP contribution >= 0.6 is 0 Å². The predicted molar refractivity (Wildman–Crippen MR) is 92.5 cm³/mol. The van der Waals surface area contributed by atoms with Crippen molar-refractivity contribution in [1.82, 2.24) is 5.32 Å². The lowest BCUT2D eigenvalue weighted by Crippen LogP contribution is -2.34. The Labute approximate surface area is 158 Å². The smallest absolute Gasteiger partial charge is 0.481 e. The second kappa shape index (κ2) is 9.23. The van der Waals surface area contributed by atoms with Crippen molar-refractivity contribution < 1.29 is 37.3 Å². The summed E-state index contributed by atoms with van der Waals surface area (Å²) >= 11 is 0. The summed E-state index contributed by atoms with van der Waals surface area (Å²) in [4.78, 5) is 23.8. The van der Waals surface area contributed by atoms with Gasteiger partial charge in [0.15, 0.2) is 6.10 Å². The average Bonchev–Trinajstić information content (AvgIpc) is 2.61. The zero-order valence-corrected chi connectivity index (χ0v) is 14.8. The summed E-state index contributed by atoms with van der Waals surface area (Å²) in [6, 6.07) is 12.2. The van der Waals surface area contributed by atoms with Gasteiger partial charge in [0.25, 0.3) is 5.91 Å². The van der Waals surface area contributed by atoms with E-state index in [4.69, 9.17) is 9.84 Å². The maximum atomic E-state index is 12.6. The van der Waals surface area contributed by atoms with Gasteiger partial charge >= 0.3 is 12.3 Å². The first kappa shape index (κ1) is 21.2. The fraction of sp³-hybridized carbons (Fsp3) is 0.263. The van der Waals surface area contributed by atoms with Crippen LogP contribution in [0.1, 0.15) is 29.7 Å². The number of methoxy groups -OCH3 is 1. The van der Waals surface area contributed by atoms with E-state index in [9.17, 15) is 22.8 Å². The molecule has 0 saturated carbocycles. The second-order valence-corrected chi connectivity index (χ2v) is 5.80. The first-order chi connectivity index (χ1) is 13.2. The standard InChI is InChI=1S/C19H18F3NO5/c1-27-17(13-5-3-2-4-6-13)18(26)23-15(11-16(24)25)12-7-9-14(10-8-12)28-19(20,21)22/h2-10,15,17H,11H2,1H3,(H,23,26)(H,24,25). The van der Waals surface area contributed by atoms with Crippen LogP contribution in [-0.2, 0) is 14.3 Å². The number of hydrogen-bond acceptors (Lipinski definition) is 4. The van der Waals surface area contributed by atoms with Gasteiger partial charge in [-0.1, -0.05) is 42.5 Å². The van der Waals surface area contributed by atoms with Crippen LogP contribution in [0.2, 0.25) is 0 Å². The Morgan fingerprint density at radius 1 is 1.04 bits per heavy atom. The number of ether oxygens (including phenoxy) is 2. The van der Waals surface area contributed by atoms with Crippen molar-refractivity contribution in [3.05, 3.63) is 65.7 Å². The third-order valence-electron chi connectivity index (χ3n) is 3.79. The van der Waals surface area contributed by atoms with E-state index in [0.717, 1.165) is 12.1 Å². The number of nitrogens with one attached hydrogen (secondary N) is 1. The van der Waals surface area contributed by atoms with Gasteiger partial charge < -0.3 is 19.9 Å². The van der Waals surface area contributed by atoms with E-state index in [-0.39, 0.29) is 0 Å². The molecular weight excluding hydrogens is 379 g/mol. The zero-order valence-electron chi connectivity index (χ0n) is 14.8. The summed E-state index contributed by atoms with van der Waals surface area (Å²) in [6.07, 6.45) is -6.26. The molecule has 2 unspecified atom stereocenters. The van der Waals surface area contributed by atoms with Gasteiger partial charge in [0.1, 0.15) is 5.75 Å². The lowest BCUT2D eigenvalue weighted by Gasteiger charge is -2.22. The summed E-state index contributed by atoms with van der Waals surface area (Å²) < 4.78 is 45.8. The van der Waals surface area contributed by atoms with Crippen molar-refractivity contribution in [2.75, 3.05) is 7.11 Å². The Balaban J connectivity index is 2.19. The van der Waals surface area contributed by atoms with Crippen LogP contribution in [-0.4, -0.2) is 30.5 Å². The monoisotopic (exact) mass is 397 g/mol. The number of carboxylic acid groups (broad SMARTS) is 1. The van der Waals surface area contributed by atoms with Gasteiger partial charge in [-0.05, 0) is 23.3 Å². The molecule has 0 heterocycles. The molecule has 2 atom stereocenters. The molecule has 2 N–H and O–H groups in total. The van der Waals surface area contributed by atoms with Gasteiger partial charge in [-0.3, -0.25) is 9.59 Å². The van der Waals surface area contributed by atoms with Gasteiger partial charge in [-0.2, -0.15) is 0 Å². The van der Waals surface area contributed by atoms with Crippen molar-refractivity contribution in [2.24, 2.45) is 0 Å². The Morgan fingerprint density at radius 2 is 1.64 bits per heavy atom. The predicted octanol–water partition coefficient (Wildman–Crippen LogP) is 3.60. The number of carbonyl (C=O) groups is 2. The molecule has 0 saturated heterocycles. The first-order valence-corrected chi connectivity index (χ1v) is 8.15. The minimum atomic E-state index is -4.84. The van der Waals surface area contributed by atoms with Crippen LogP contribution < -0.4 is 10.1 Å². The quantitative estimate of drug-likeness (QED) is 0.711. The average molecular weight is 397 g/mol. The SMILES string of the molecule is COC(C(=O)NC(CC(=O)O)c1ccc(OC(F)(F)F)cc1)c1ccccc1. The van der Waals surface area contributed by atoms with E-state index in [2.05, 4.69) is 10.1 Å². The van der Waals surface area contributed by atoms with E-state index in [1.807, 2.05) is 0 Å². The summed E-state index contributed by atoms with van der Waals surface area (Å²) in [7, 11) is 1.34. The van der Waals surface area contributed by atoms with Crippen molar-refractivity contribution in [3.8, 4) is 5.75 Å². The number of carbonyl (C=O) groups excluding carboxylic acids is 1. The number of alkyl halides is 3. The first-order valence-electron chi connectivity index (χ1n) is 8.15. The molecule has 0 fully saturated rings. The number of carboxylic acids is 1. The highest BCUT2D eigenvalue weighted by atomic mass is 19.4. The van der Waals surface area contributed by atoms with E-state index < -0.39 is 42.6 Å². The summed E-state index contributed by atoms with van der Waals surface area (Å²) in [5.74, 6) is -2.21. The van der Waals surface area contributed by atoms with E-state index in [0.29, 0.717) is 11.1 Å². The number of aliphatic carboxylic acids is 1. The fourth-order valence-electron chi connectivity index (χ4n) is 2.60. The summed E-state index contributed by atoms with van der Waals surface area (Å²) in [5.41, 5.74) is 0.888. The number of amides is 1. The van der Waals surface area contributed by atoms with Crippen LogP contribution in [0.3, 0.4) is 0 Å². The lowest BCUT2D eigenvalue weighted by molar-refractivity contribution is -0.274. The van der Waals surface area contributed by atoms with Crippen LogP contribution in [0.15, 0.2) is 54.6 Å². The Hall–Kier alpha value is -3.07. The van der Waals surface area contributed by atoms with Crippen LogP contribution in [0.25, 0.3) is 0 Å². The number of hydrogen-bond donors (Lipinski definition) is 2. The largest absolute Gasteiger partial charge is 0.573 e. The third-order valence-corrected chi connectivity index (χ3v) is 3.79. The minimum Gasteiger partial charge on any atom is -0.481 e. The lowest BCUT2D eigenvalue weighted by atomic mass is 10.0. The molecule has 2 aromatic rings. The molecule has 0 spiro atoms. The van der Waals surface area contributed by atoms with Gasteiger partial charge in [0.05, 0.1) is 12.5 Å². The molecule has 0 aliphatic carbocycles. The highest BCUT2D eigenvalue weighted by Crippen LogP contribution is 2.26. The van der Waals surface area contributed by atoms with Crippen LogP contribution in [0.4, 0.5) is 13.2 Å². The molecule has 6 nitrogen and oxygen atoms in total. The van der Waals surface area contributed by atoms with Crippen molar-refractivity contribution in [3.63, 3.8) is 0 Å². The van der Waals surface area contributed by atoms with E-state index >= 15 is 0 Å². The molecule has 9 heteroatoms. The summed E-state index contributed by atoms with van der Waals surface area (Å²) in [5, 5.41) is 11.7. The number of benzene rings is 2. The Morgan fingerprint density at radius 3 is 2.14 bits per heavy atom. The van der Waals surface area contributed by atoms with Gasteiger partial charge in [0.2, 0.25) is 0 Å². The molecule has 150 valence electrons. The van der Waals surface area contributed by atoms with Crippen LogP contribution in [0.5, 0.6) is 5.75 Å². The molecule has 2 aromatic carbocycles. The highest BCUT2D eigenvalue weighted by Gasteiger charge is 2.31. The van der Waals surface area contributed by atoms with Gasteiger partial charge in [-0.15, -0.1) is 13.2 Å². The number of rotatable bonds is 8. The molecule has 1 amide bonds. The molecule has 0 radical (unpaired) electrons. The Bertz CT molecular complexity index is 793. The van der Waals surface area contributed by atoms with Crippen molar-refractivity contribution in [2.45, 2.75) is 24.9 Å². The van der Waals surface area contributed by atoms with Crippen molar-refractivity contribution in [1.29, 1.82) is 0 Å². The van der Waals surface area contributed by atoms with E-state index in [1.54, 1.807) is 30.3 Å².